The zero-order valence-corrected chi connectivity index (χ0v) is 13.2. The number of carboxylic acid groups (broad SMARTS) is 1. The van der Waals surface area contributed by atoms with E-state index in [1.165, 1.54) is 7.05 Å². The summed E-state index contributed by atoms with van der Waals surface area (Å²) < 4.78 is 50.3. The highest BCUT2D eigenvalue weighted by molar-refractivity contribution is 7.90. The van der Waals surface area contributed by atoms with Gasteiger partial charge in [0.15, 0.2) is 0 Å². The van der Waals surface area contributed by atoms with E-state index < -0.39 is 31.8 Å². The molecule has 0 heterocycles. The van der Waals surface area contributed by atoms with Crippen LogP contribution in [0.4, 0.5) is 0 Å². The summed E-state index contributed by atoms with van der Waals surface area (Å²) in [7, 11) is -6.29. The third-order valence-corrected chi connectivity index (χ3v) is 5.59. The van der Waals surface area contributed by atoms with Crippen molar-refractivity contribution in [1.29, 1.82) is 0 Å². The Labute approximate surface area is 127 Å². The van der Waals surface area contributed by atoms with Gasteiger partial charge in [-0.3, -0.25) is 0 Å². The quantitative estimate of drug-likeness (QED) is 0.623. The van der Waals surface area contributed by atoms with E-state index in [0.717, 1.165) is 18.2 Å². The van der Waals surface area contributed by atoms with E-state index in [1.54, 1.807) is 0 Å². The number of aromatic carboxylic acids is 1. The van der Waals surface area contributed by atoms with Gasteiger partial charge in [-0.15, -0.1) is 0 Å². The number of hydrogen-bond donors (Lipinski definition) is 3. The normalized spacial score (nSPS) is 12.3. The maximum atomic E-state index is 11.9. The third-order valence-electron chi connectivity index (χ3n) is 2.46. The number of sulfonamides is 2. The summed E-state index contributed by atoms with van der Waals surface area (Å²) in [5.74, 6) is -1.71. The van der Waals surface area contributed by atoms with Crippen LogP contribution in [0.25, 0.3) is 0 Å². The van der Waals surface area contributed by atoms with Crippen LogP contribution in [-0.4, -0.2) is 47.3 Å². The van der Waals surface area contributed by atoms with Crippen LogP contribution >= 0.6 is 11.6 Å². The van der Waals surface area contributed by atoms with Gasteiger partial charge in [0.05, 0.1) is 21.2 Å². The maximum Gasteiger partial charge on any atom is 0.337 e. The van der Waals surface area contributed by atoms with E-state index >= 15 is 0 Å². The van der Waals surface area contributed by atoms with Gasteiger partial charge in [0.25, 0.3) is 0 Å². The zero-order valence-electron chi connectivity index (χ0n) is 10.8. The minimum atomic E-state index is -3.98. The molecule has 0 radical (unpaired) electrons. The molecule has 118 valence electrons. The lowest BCUT2D eigenvalue weighted by atomic mass is 10.2. The lowest BCUT2D eigenvalue weighted by molar-refractivity contribution is 0.0697. The molecule has 21 heavy (non-hydrogen) atoms. The van der Waals surface area contributed by atoms with Crippen molar-refractivity contribution in [3.63, 3.8) is 0 Å². The average Bonchev–Trinajstić information content (AvgIpc) is 2.37. The van der Waals surface area contributed by atoms with Gasteiger partial charge in [-0.25, -0.2) is 31.1 Å². The zero-order chi connectivity index (χ0) is 16.3. The molecule has 0 aromatic heterocycles. The predicted octanol–water partition coefficient (Wildman–Crippen LogP) is -0.134. The maximum absolute atomic E-state index is 11.9. The van der Waals surface area contributed by atoms with Crippen LogP contribution in [0.15, 0.2) is 23.1 Å². The van der Waals surface area contributed by atoms with Crippen molar-refractivity contribution in [2.75, 3.05) is 19.3 Å². The Morgan fingerprint density at radius 2 is 1.90 bits per heavy atom. The Bertz CT molecular complexity index is 745. The van der Waals surface area contributed by atoms with Gasteiger partial charge in [0.2, 0.25) is 20.0 Å². The van der Waals surface area contributed by atoms with Crippen molar-refractivity contribution in [3.8, 4) is 0 Å². The molecule has 1 aromatic rings. The van der Waals surface area contributed by atoms with E-state index in [1.807, 2.05) is 4.72 Å². The number of benzene rings is 1. The van der Waals surface area contributed by atoms with Crippen molar-refractivity contribution in [3.05, 3.63) is 28.8 Å². The van der Waals surface area contributed by atoms with Crippen LogP contribution in [-0.2, 0) is 20.0 Å². The van der Waals surface area contributed by atoms with Gasteiger partial charge >= 0.3 is 5.97 Å². The Morgan fingerprint density at radius 1 is 1.29 bits per heavy atom. The van der Waals surface area contributed by atoms with Crippen LogP contribution in [0.3, 0.4) is 0 Å². The predicted molar refractivity (Wildman–Crippen MR) is 76.4 cm³/mol. The van der Waals surface area contributed by atoms with Gasteiger partial charge in [0, 0.05) is 6.54 Å². The molecular formula is C10H13ClN2O6S2. The summed E-state index contributed by atoms with van der Waals surface area (Å²) in [5, 5.41) is 8.57. The molecule has 0 amide bonds. The van der Waals surface area contributed by atoms with E-state index in [-0.39, 0.29) is 22.0 Å². The molecule has 0 aliphatic heterocycles. The summed E-state index contributed by atoms with van der Waals surface area (Å²) in [5.41, 5.74) is -0.228. The molecule has 0 fully saturated rings. The van der Waals surface area contributed by atoms with E-state index in [2.05, 4.69) is 4.72 Å². The van der Waals surface area contributed by atoms with Crippen LogP contribution in [0.2, 0.25) is 5.02 Å². The fraction of sp³-hybridized carbons (Fsp3) is 0.300. The molecule has 1 aromatic carbocycles. The molecule has 0 spiro atoms. The number of hydrogen-bond acceptors (Lipinski definition) is 5. The first-order valence-corrected chi connectivity index (χ1v) is 9.04. The molecule has 8 nitrogen and oxygen atoms in total. The minimum Gasteiger partial charge on any atom is -0.478 e. The number of halogens is 1. The van der Waals surface area contributed by atoms with Crippen molar-refractivity contribution in [1.82, 2.24) is 9.44 Å². The molecule has 0 unspecified atom stereocenters. The van der Waals surface area contributed by atoms with Gasteiger partial charge < -0.3 is 5.11 Å². The third kappa shape index (κ3) is 4.93. The molecule has 0 aliphatic rings. The van der Waals surface area contributed by atoms with Crippen LogP contribution in [0.5, 0.6) is 0 Å². The minimum absolute atomic E-state index is 0.228. The van der Waals surface area contributed by atoms with Crippen molar-refractivity contribution in [2.24, 2.45) is 0 Å². The molecule has 11 heteroatoms. The highest BCUT2D eigenvalue weighted by atomic mass is 35.5. The first kappa shape index (κ1) is 17.9. The summed E-state index contributed by atoms with van der Waals surface area (Å²) in [6.45, 7) is -0.330. The standard InChI is InChI=1S/C10H13ClN2O6S2/c1-12-20(16,17)5-4-13-21(18,19)7-2-3-8(10(14)15)9(11)6-7/h2-3,6,12-13H,4-5H2,1H3,(H,14,15). The van der Waals surface area contributed by atoms with Crippen LogP contribution in [0, 0.1) is 0 Å². The van der Waals surface area contributed by atoms with Crippen molar-refractivity contribution < 1.29 is 26.7 Å². The number of rotatable bonds is 7. The molecule has 0 aliphatic carbocycles. The molecule has 3 N–H and O–H groups in total. The van der Waals surface area contributed by atoms with Gasteiger partial charge in [-0.2, -0.15) is 0 Å². The fourth-order valence-corrected chi connectivity index (χ4v) is 3.42. The smallest absolute Gasteiger partial charge is 0.337 e. The second kappa shape index (κ2) is 6.71. The molecule has 0 atom stereocenters. The first-order chi connectivity index (χ1) is 9.59. The van der Waals surface area contributed by atoms with E-state index in [9.17, 15) is 21.6 Å². The average molecular weight is 357 g/mol. The van der Waals surface area contributed by atoms with Gasteiger partial charge in [-0.05, 0) is 25.2 Å². The first-order valence-electron chi connectivity index (χ1n) is 5.53. The van der Waals surface area contributed by atoms with Gasteiger partial charge in [-0.1, -0.05) is 11.6 Å². The molecular weight excluding hydrogens is 344 g/mol. The summed E-state index contributed by atoms with van der Waals surface area (Å²) in [6.07, 6.45) is 0. The Balaban J connectivity index is 2.89. The highest BCUT2D eigenvalue weighted by Gasteiger charge is 2.18. The monoisotopic (exact) mass is 356 g/mol. The van der Waals surface area contributed by atoms with E-state index in [0.29, 0.717) is 0 Å². The molecule has 1 rings (SSSR count). The summed E-state index contributed by atoms with van der Waals surface area (Å²) >= 11 is 5.68. The molecule has 0 saturated heterocycles. The van der Waals surface area contributed by atoms with Gasteiger partial charge in [0.1, 0.15) is 0 Å². The lowest BCUT2D eigenvalue weighted by Crippen LogP contribution is -2.33. The Kier molecular flexibility index (Phi) is 5.70. The Hall–Kier alpha value is -1.20. The molecule has 0 bridgehead atoms. The van der Waals surface area contributed by atoms with Crippen molar-refractivity contribution >= 4 is 37.6 Å². The highest BCUT2D eigenvalue weighted by Crippen LogP contribution is 2.20. The van der Waals surface area contributed by atoms with Crippen LogP contribution in [0.1, 0.15) is 10.4 Å². The number of carbonyl (C=O) groups is 1. The topological polar surface area (TPSA) is 130 Å². The second-order valence-electron chi connectivity index (χ2n) is 3.87. The van der Waals surface area contributed by atoms with Crippen LogP contribution < -0.4 is 9.44 Å². The summed E-state index contributed by atoms with van der Waals surface area (Å²) in [6, 6.07) is 3.12. The largest absolute Gasteiger partial charge is 0.478 e. The second-order valence-corrected chi connectivity index (χ2v) is 8.09. The Morgan fingerprint density at radius 3 is 2.38 bits per heavy atom. The SMILES string of the molecule is CNS(=O)(=O)CCNS(=O)(=O)c1ccc(C(=O)O)c(Cl)c1. The fourth-order valence-electron chi connectivity index (χ4n) is 1.33. The van der Waals surface area contributed by atoms with Crippen molar-refractivity contribution in [2.45, 2.75) is 4.90 Å². The lowest BCUT2D eigenvalue weighted by Gasteiger charge is -2.08. The van der Waals surface area contributed by atoms with E-state index in [4.69, 9.17) is 16.7 Å². The number of nitrogens with one attached hydrogen (secondary N) is 2. The molecule has 0 saturated carbocycles. The number of carboxylic acids is 1. The summed E-state index contributed by atoms with van der Waals surface area (Å²) in [4.78, 5) is 10.5.